The van der Waals surface area contributed by atoms with Gasteiger partial charge in [0.1, 0.15) is 11.6 Å². The predicted molar refractivity (Wildman–Crippen MR) is 69.0 cm³/mol. The third kappa shape index (κ3) is 3.21. The van der Waals surface area contributed by atoms with E-state index in [4.69, 9.17) is 10.2 Å². The van der Waals surface area contributed by atoms with Crippen LogP contribution in [-0.2, 0) is 6.42 Å². The van der Waals surface area contributed by atoms with Crippen LogP contribution in [0, 0.1) is 0 Å². The minimum absolute atomic E-state index is 0.112. The van der Waals surface area contributed by atoms with Crippen LogP contribution in [0.2, 0.25) is 0 Å². The van der Waals surface area contributed by atoms with Gasteiger partial charge in [-0.2, -0.15) is 0 Å². The quantitative estimate of drug-likeness (QED) is 0.646. The fourth-order valence-electron chi connectivity index (χ4n) is 1.69. The van der Waals surface area contributed by atoms with E-state index in [9.17, 15) is 0 Å². The maximum absolute atomic E-state index is 5.94. The molecule has 0 spiro atoms. The van der Waals surface area contributed by atoms with E-state index in [0.717, 1.165) is 17.7 Å². The number of rotatable bonds is 4. The van der Waals surface area contributed by atoms with Gasteiger partial charge in [-0.1, -0.05) is 30.3 Å². The van der Waals surface area contributed by atoms with Gasteiger partial charge in [0, 0.05) is 12.0 Å². The van der Waals surface area contributed by atoms with Crippen LogP contribution < -0.4 is 5.73 Å². The molecule has 2 N–H and O–H groups in total. The highest BCUT2D eigenvalue weighted by atomic mass is 16.3. The molecule has 0 aliphatic rings. The molecule has 3 nitrogen and oxygen atoms in total. The summed E-state index contributed by atoms with van der Waals surface area (Å²) in [5.74, 6) is 1.51. The van der Waals surface area contributed by atoms with Crippen molar-refractivity contribution in [2.75, 3.05) is 0 Å². The first-order valence-corrected chi connectivity index (χ1v) is 5.67. The summed E-state index contributed by atoms with van der Waals surface area (Å²) in [4.78, 5) is 4.46. The van der Waals surface area contributed by atoms with Crippen molar-refractivity contribution in [3.8, 4) is 0 Å². The largest absolute Gasteiger partial charge is 0.469 e. The van der Waals surface area contributed by atoms with E-state index in [-0.39, 0.29) is 6.04 Å². The fourth-order valence-corrected chi connectivity index (χ4v) is 1.69. The van der Waals surface area contributed by atoms with Crippen molar-refractivity contribution in [1.29, 1.82) is 0 Å². The molecule has 1 atom stereocenters. The summed E-state index contributed by atoms with van der Waals surface area (Å²) >= 11 is 0. The molecule has 0 aliphatic carbocycles. The van der Waals surface area contributed by atoms with E-state index in [1.165, 1.54) is 0 Å². The fraction of sp³-hybridized carbons (Fsp3) is 0.214. The first-order chi connectivity index (χ1) is 8.25. The molecule has 0 aliphatic heterocycles. The predicted octanol–water partition coefficient (Wildman–Crippen LogP) is 2.62. The number of hydrogen-bond acceptors (Lipinski definition) is 2. The van der Waals surface area contributed by atoms with Gasteiger partial charge in [-0.15, -0.1) is 0 Å². The average Bonchev–Trinajstić information content (AvgIpc) is 2.82. The maximum Gasteiger partial charge on any atom is 0.125 e. The summed E-state index contributed by atoms with van der Waals surface area (Å²) in [5, 5.41) is 0. The first-order valence-electron chi connectivity index (χ1n) is 5.67. The molecule has 0 saturated carbocycles. The Hall–Kier alpha value is -2.03. The average molecular weight is 228 g/mol. The lowest BCUT2D eigenvalue weighted by Gasteiger charge is -2.06. The Morgan fingerprint density at radius 2 is 2.00 bits per heavy atom. The molecular weight excluding hydrogens is 212 g/mol. The molecule has 3 heteroatoms. The standard InChI is InChI=1S/C14H16N2O/c1-11(10-13-8-5-9-17-13)16-14(15)12-6-3-2-4-7-12/h2-9,11H,10H2,1H3,(H2,15,16). The van der Waals surface area contributed by atoms with E-state index in [1.54, 1.807) is 6.26 Å². The zero-order chi connectivity index (χ0) is 12.1. The normalized spacial score (nSPS) is 13.6. The monoisotopic (exact) mass is 228 g/mol. The molecule has 0 bridgehead atoms. The van der Waals surface area contributed by atoms with Crippen molar-refractivity contribution < 1.29 is 4.42 Å². The highest BCUT2D eigenvalue weighted by Crippen LogP contribution is 2.07. The van der Waals surface area contributed by atoms with Crippen molar-refractivity contribution in [2.24, 2.45) is 10.7 Å². The van der Waals surface area contributed by atoms with Crippen molar-refractivity contribution in [3.05, 3.63) is 60.1 Å². The van der Waals surface area contributed by atoms with Crippen LogP contribution in [0.3, 0.4) is 0 Å². The molecule has 17 heavy (non-hydrogen) atoms. The molecule has 0 radical (unpaired) electrons. The van der Waals surface area contributed by atoms with Gasteiger partial charge < -0.3 is 10.2 Å². The lowest BCUT2D eigenvalue weighted by atomic mass is 10.2. The molecule has 0 saturated heterocycles. The van der Waals surface area contributed by atoms with Gasteiger partial charge in [-0.05, 0) is 19.1 Å². The minimum atomic E-state index is 0.112. The van der Waals surface area contributed by atoms with Crippen molar-refractivity contribution in [2.45, 2.75) is 19.4 Å². The lowest BCUT2D eigenvalue weighted by Crippen LogP contribution is -2.17. The molecule has 2 aromatic rings. The maximum atomic E-state index is 5.94. The second-order valence-corrected chi connectivity index (χ2v) is 4.01. The van der Waals surface area contributed by atoms with E-state index in [0.29, 0.717) is 5.84 Å². The summed E-state index contributed by atoms with van der Waals surface area (Å²) in [5.41, 5.74) is 6.90. The number of nitrogens with two attached hydrogens (primary N) is 1. The Kier molecular flexibility index (Phi) is 3.60. The summed E-state index contributed by atoms with van der Waals surface area (Å²) in [6.07, 6.45) is 2.44. The van der Waals surface area contributed by atoms with Crippen molar-refractivity contribution >= 4 is 5.84 Å². The summed E-state index contributed by atoms with van der Waals surface area (Å²) in [7, 11) is 0. The van der Waals surface area contributed by atoms with Crippen LogP contribution in [0.25, 0.3) is 0 Å². The van der Waals surface area contributed by atoms with Gasteiger partial charge in [-0.25, -0.2) is 0 Å². The van der Waals surface area contributed by atoms with Crippen molar-refractivity contribution in [1.82, 2.24) is 0 Å². The second kappa shape index (κ2) is 5.34. The van der Waals surface area contributed by atoms with E-state index in [2.05, 4.69) is 4.99 Å². The number of nitrogens with zero attached hydrogens (tertiary/aromatic N) is 1. The Bertz CT molecular complexity index is 474. The van der Waals surface area contributed by atoms with E-state index in [1.807, 2.05) is 49.4 Å². The molecule has 2 rings (SSSR count). The molecule has 0 amide bonds. The van der Waals surface area contributed by atoms with Crippen LogP contribution >= 0.6 is 0 Å². The third-order valence-corrected chi connectivity index (χ3v) is 2.51. The van der Waals surface area contributed by atoms with Gasteiger partial charge in [0.2, 0.25) is 0 Å². The number of benzene rings is 1. The summed E-state index contributed by atoms with van der Waals surface area (Å²) < 4.78 is 5.28. The zero-order valence-electron chi connectivity index (χ0n) is 9.84. The SMILES string of the molecule is CC(Cc1ccco1)N=C(N)c1ccccc1. The number of amidine groups is 1. The third-order valence-electron chi connectivity index (χ3n) is 2.51. The molecule has 1 aromatic carbocycles. The molecular formula is C14H16N2O. The first kappa shape index (κ1) is 11.5. The second-order valence-electron chi connectivity index (χ2n) is 4.01. The van der Waals surface area contributed by atoms with Crippen LogP contribution in [0.15, 0.2) is 58.1 Å². The molecule has 0 fully saturated rings. The number of aliphatic imine (C=N–C) groups is 1. The molecule has 1 unspecified atom stereocenters. The topological polar surface area (TPSA) is 51.5 Å². The van der Waals surface area contributed by atoms with Crippen molar-refractivity contribution in [3.63, 3.8) is 0 Å². The number of hydrogen-bond donors (Lipinski definition) is 1. The van der Waals surface area contributed by atoms with Gasteiger partial charge in [-0.3, -0.25) is 4.99 Å². The molecule has 1 heterocycles. The Balaban J connectivity index is 2.04. The highest BCUT2D eigenvalue weighted by Gasteiger charge is 2.05. The minimum Gasteiger partial charge on any atom is -0.469 e. The molecule has 1 aromatic heterocycles. The summed E-state index contributed by atoms with van der Waals surface area (Å²) in [6.45, 7) is 2.03. The number of furan rings is 1. The molecule has 88 valence electrons. The van der Waals surface area contributed by atoms with Gasteiger partial charge in [0.05, 0.1) is 12.3 Å². The highest BCUT2D eigenvalue weighted by molar-refractivity contribution is 5.97. The lowest BCUT2D eigenvalue weighted by molar-refractivity contribution is 0.492. The Morgan fingerprint density at radius 1 is 1.24 bits per heavy atom. The Morgan fingerprint density at radius 3 is 2.65 bits per heavy atom. The van der Waals surface area contributed by atoms with E-state index >= 15 is 0 Å². The zero-order valence-corrected chi connectivity index (χ0v) is 9.84. The van der Waals surface area contributed by atoms with Crippen LogP contribution in [-0.4, -0.2) is 11.9 Å². The summed E-state index contributed by atoms with van der Waals surface area (Å²) in [6, 6.07) is 13.7. The van der Waals surface area contributed by atoms with Crippen LogP contribution in [0.4, 0.5) is 0 Å². The Labute approximate surface area is 101 Å². The van der Waals surface area contributed by atoms with Crippen LogP contribution in [0.5, 0.6) is 0 Å². The van der Waals surface area contributed by atoms with Crippen LogP contribution in [0.1, 0.15) is 18.2 Å². The smallest absolute Gasteiger partial charge is 0.125 e. The van der Waals surface area contributed by atoms with Gasteiger partial charge in [0.25, 0.3) is 0 Å². The van der Waals surface area contributed by atoms with E-state index < -0.39 is 0 Å². The van der Waals surface area contributed by atoms with Gasteiger partial charge >= 0.3 is 0 Å². The van der Waals surface area contributed by atoms with Gasteiger partial charge in [0.15, 0.2) is 0 Å².